The molecule has 8 rings (SSSR count). The number of phenols is 1. The lowest BCUT2D eigenvalue weighted by Gasteiger charge is -2.41. The second kappa shape index (κ2) is 9.15. The highest BCUT2D eigenvalue weighted by atomic mass is 35.5. The summed E-state index contributed by atoms with van der Waals surface area (Å²) >= 11 is 6.50. The molecule has 1 aromatic heterocycles. The molecule has 9 heteroatoms. The van der Waals surface area contributed by atoms with Crippen LogP contribution in [0.2, 0.25) is 5.02 Å². The summed E-state index contributed by atoms with van der Waals surface area (Å²) in [6.07, 6.45) is 6.58. The minimum absolute atomic E-state index is 0.0716. The minimum atomic E-state index is -1.36. The largest absolute Gasteiger partial charge is 0.508 e. The smallest absolute Gasteiger partial charge is 0.318 e. The zero-order chi connectivity index (χ0) is 27.2. The maximum atomic E-state index is 17.0. The summed E-state index contributed by atoms with van der Waals surface area (Å²) in [7, 11) is 0. The first-order valence-electron chi connectivity index (χ1n) is 15.2. The van der Waals surface area contributed by atoms with Crippen molar-refractivity contribution < 1.29 is 18.6 Å². The van der Waals surface area contributed by atoms with Gasteiger partial charge < -0.3 is 14.7 Å². The van der Waals surface area contributed by atoms with Gasteiger partial charge in [0.1, 0.15) is 24.3 Å². The van der Waals surface area contributed by atoms with Crippen LogP contribution in [0.25, 0.3) is 0 Å². The van der Waals surface area contributed by atoms with Gasteiger partial charge in [-0.15, -0.1) is 0 Å². The molecule has 6 atom stereocenters. The lowest BCUT2D eigenvalue weighted by Crippen LogP contribution is -2.44. The summed E-state index contributed by atoms with van der Waals surface area (Å²) in [5, 5.41) is 10.9. The maximum Gasteiger partial charge on any atom is 0.318 e. The van der Waals surface area contributed by atoms with Crippen molar-refractivity contribution >= 4 is 17.4 Å². The third-order valence-corrected chi connectivity index (χ3v) is 11.6. The number of benzene rings is 1. The van der Waals surface area contributed by atoms with Crippen molar-refractivity contribution in [2.45, 2.75) is 87.5 Å². The predicted molar refractivity (Wildman–Crippen MR) is 149 cm³/mol. The number of aromatic hydroxyl groups is 1. The summed E-state index contributed by atoms with van der Waals surface area (Å²) in [6.45, 7) is 3.55. The number of fused-ring (bicyclic) bond motifs is 6. The van der Waals surface area contributed by atoms with Gasteiger partial charge in [-0.1, -0.05) is 11.6 Å². The molecular weight excluding hydrogens is 534 g/mol. The van der Waals surface area contributed by atoms with E-state index < -0.39 is 17.8 Å². The van der Waals surface area contributed by atoms with Crippen LogP contribution < -0.4 is 9.64 Å². The molecule has 40 heavy (non-hydrogen) atoms. The Labute approximate surface area is 239 Å². The number of hydrogen-bond acceptors (Lipinski definition) is 6. The van der Waals surface area contributed by atoms with Crippen molar-refractivity contribution in [1.82, 2.24) is 14.9 Å². The second-order valence-electron chi connectivity index (χ2n) is 13.5. The number of nitrogens with zero attached hydrogens (tertiary/aromatic N) is 4. The lowest BCUT2D eigenvalue weighted by molar-refractivity contribution is 0.105. The van der Waals surface area contributed by atoms with Gasteiger partial charge in [0.15, 0.2) is 6.17 Å². The van der Waals surface area contributed by atoms with Gasteiger partial charge in [-0.3, -0.25) is 4.90 Å². The highest BCUT2D eigenvalue weighted by Crippen LogP contribution is 2.58. The number of anilines is 1. The molecule has 4 heterocycles. The number of phenolic OH excluding ortho intramolecular Hbond substituents is 1. The summed E-state index contributed by atoms with van der Waals surface area (Å²) in [5.41, 5.74) is 1.98. The van der Waals surface area contributed by atoms with Crippen molar-refractivity contribution in [3.8, 4) is 11.8 Å². The Balaban J connectivity index is 1.18. The number of piperidine rings is 1. The van der Waals surface area contributed by atoms with E-state index in [1.54, 1.807) is 12.1 Å². The monoisotopic (exact) mass is 570 g/mol. The minimum Gasteiger partial charge on any atom is -0.508 e. The molecule has 1 spiro atoms. The number of rotatable bonds is 4. The normalized spacial score (nSPS) is 36.2. The lowest BCUT2D eigenvalue weighted by atomic mass is 9.68. The Morgan fingerprint density at radius 3 is 2.60 bits per heavy atom. The Kier molecular flexibility index (Phi) is 5.84. The number of halogens is 3. The molecule has 214 valence electrons. The summed E-state index contributed by atoms with van der Waals surface area (Å²) in [4.78, 5) is 14.3. The van der Waals surface area contributed by atoms with E-state index in [1.165, 1.54) is 19.3 Å². The summed E-state index contributed by atoms with van der Waals surface area (Å²) in [5.74, 6) is 2.21. The summed E-state index contributed by atoms with van der Waals surface area (Å²) in [6, 6.07) is 3.47. The molecule has 0 radical (unpaired) electrons. The SMILES string of the molecule is Oc1cc(Cl)c2c(c1)[C@]1(CC2)CCc2c(nc(OC[C@@]34CCCN3C[C@H](F)C4)nc2N2CC3CCC(C3)C2)[C@@H]1F. The van der Waals surface area contributed by atoms with Crippen LogP contribution in [0.4, 0.5) is 14.6 Å². The van der Waals surface area contributed by atoms with Crippen LogP contribution in [0.3, 0.4) is 0 Å². The fourth-order valence-electron chi connectivity index (χ4n) is 9.34. The van der Waals surface area contributed by atoms with Gasteiger partial charge in [-0.2, -0.15) is 9.97 Å². The number of ether oxygens (including phenoxy) is 1. The molecule has 0 amide bonds. The molecule has 6 aliphatic rings. The molecule has 1 saturated carbocycles. The van der Waals surface area contributed by atoms with E-state index in [1.807, 2.05) is 0 Å². The van der Waals surface area contributed by atoms with Gasteiger partial charge in [0.25, 0.3) is 0 Å². The van der Waals surface area contributed by atoms with Crippen molar-refractivity contribution in [2.24, 2.45) is 11.8 Å². The summed E-state index contributed by atoms with van der Waals surface area (Å²) < 4.78 is 37.8. The molecule has 2 bridgehead atoms. The predicted octanol–water partition coefficient (Wildman–Crippen LogP) is 5.87. The first-order valence-corrected chi connectivity index (χ1v) is 15.5. The molecule has 3 saturated heterocycles. The second-order valence-corrected chi connectivity index (χ2v) is 13.9. The van der Waals surface area contributed by atoms with Crippen LogP contribution in [-0.2, 0) is 18.3 Å². The first-order chi connectivity index (χ1) is 19.3. The molecule has 3 aliphatic carbocycles. The Hall–Kier alpha value is -2.19. The Bertz CT molecular complexity index is 1350. The third kappa shape index (κ3) is 3.80. The highest BCUT2D eigenvalue weighted by Gasteiger charge is 2.53. The van der Waals surface area contributed by atoms with E-state index in [9.17, 15) is 9.50 Å². The van der Waals surface area contributed by atoms with Crippen LogP contribution in [-0.4, -0.2) is 64.5 Å². The van der Waals surface area contributed by atoms with Crippen LogP contribution >= 0.6 is 11.6 Å². The van der Waals surface area contributed by atoms with Crippen LogP contribution in [0.15, 0.2) is 12.1 Å². The van der Waals surface area contributed by atoms with Gasteiger partial charge in [0, 0.05) is 42.1 Å². The highest BCUT2D eigenvalue weighted by molar-refractivity contribution is 6.31. The zero-order valence-electron chi connectivity index (χ0n) is 22.8. The van der Waals surface area contributed by atoms with Crippen LogP contribution in [0.5, 0.6) is 11.8 Å². The molecule has 6 nitrogen and oxygen atoms in total. The molecule has 2 unspecified atom stereocenters. The number of aromatic nitrogens is 2. The van der Waals surface area contributed by atoms with E-state index in [-0.39, 0.29) is 17.3 Å². The standard InChI is InChI=1S/C31H37ClF2N4O2/c32-25-12-21(39)11-24-22(25)4-7-31(24)8-5-23-26(27(31)34)35-29(36-28(23)37-14-18-2-3-19(10-18)15-37)40-17-30-6-1-9-38(30)16-20(33)13-30/h11-12,18-20,27,39H,1-10,13-17H2/t18?,19?,20-,27+,30+,31+/m1/s1. The Morgan fingerprint density at radius 1 is 1.02 bits per heavy atom. The fraction of sp³-hybridized carbons (Fsp3) is 0.677. The number of hydrogen-bond donors (Lipinski definition) is 1. The molecule has 3 aliphatic heterocycles. The van der Waals surface area contributed by atoms with E-state index in [4.69, 9.17) is 26.3 Å². The Morgan fingerprint density at radius 2 is 1.80 bits per heavy atom. The third-order valence-electron chi connectivity index (χ3n) is 11.2. The van der Waals surface area contributed by atoms with Crippen LogP contribution in [0.1, 0.15) is 79.9 Å². The van der Waals surface area contributed by atoms with Gasteiger partial charge in [-0.05, 0) is 99.4 Å². The van der Waals surface area contributed by atoms with Crippen molar-refractivity contribution in [3.05, 3.63) is 39.5 Å². The van der Waals surface area contributed by atoms with E-state index >= 15 is 4.39 Å². The van der Waals surface area contributed by atoms with Gasteiger partial charge in [0.2, 0.25) is 0 Å². The molecule has 2 aromatic rings. The quantitative estimate of drug-likeness (QED) is 0.496. The average Bonchev–Trinajstić information content (AvgIpc) is 3.66. The molecule has 1 aromatic carbocycles. The topological polar surface area (TPSA) is 61.7 Å². The van der Waals surface area contributed by atoms with Gasteiger partial charge in [0.05, 0.1) is 11.2 Å². The zero-order valence-corrected chi connectivity index (χ0v) is 23.6. The van der Waals surface area contributed by atoms with Gasteiger partial charge >= 0.3 is 6.01 Å². The van der Waals surface area contributed by atoms with Crippen molar-refractivity contribution in [1.29, 1.82) is 0 Å². The van der Waals surface area contributed by atoms with Crippen molar-refractivity contribution in [3.63, 3.8) is 0 Å². The first kappa shape index (κ1) is 25.5. The maximum absolute atomic E-state index is 17.0. The number of alkyl halides is 2. The van der Waals surface area contributed by atoms with Crippen LogP contribution in [0, 0.1) is 11.8 Å². The van der Waals surface area contributed by atoms with E-state index in [2.05, 4.69) is 9.80 Å². The van der Waals surface area contributed by atoms with Crippen molar-refractivity contribution in [2.75, 3.05) is 37.7 Å². The van der Waals surface area contributed by atoms with E-state index in [0.29, 0.717) is 67.8 Å². The van der Waals surface area contributed by atoms with E-state index in [0.717, 1.165) is 55.0 Å². The fourth-order valence-corrected chi connectivity index (χ4v) is 9.64. The molecule has 4 fully saturated rings. The molecular formula is C31H37ClF2N4O2. The average molecular weight is 571 g/mol. The molecule has 1 N–H and O–H groups in total. The van der Waals surface area contributed by atoms with Gasteiger partial charge in [-0.25, -0.2) is 8.78 Å².